The topological polar surface area (TPSA) is 120 Å². The Balaban J connectivity index is 2.72. The van der Waals surface area contributed by atoms with Crippen molar-refractivity contribution >= 4 is 0 Å². The second-order valence-electron chi connectivity index (χ2n) is 3.65. The lowest BCUT2D eigenvalue weighted by Crippen LogP contribution is -2.61. The molecule has 7 heteroatoms. The highest BCUT2D eigenvalue weighted by Gasteiger charge is 2.46. The van der Waals surface area contributed by atoms with Gasteiger partial charge in [0.25, 0.3) is 0 Å². The van der Waals surface area contributed by atoms with Gasteiger partial charge in [-0.2, -0.15) is 0 Å². The minimum atomic E-state index is -1.49. The molecule has 0 amide bonds. The molecule has 16 heavy (non-hydrogen) atoms. The first-order valence-corrected chi connectivity index (χ1v) is 5.13. The summed E-state index contributed by atoms with van der Waals surface area (Å²) in [5.74, 6) is 0. The number of aliphatic hydroxyl groups is 5. The van der Waals surface area contributed by atoms with E-state index in [-0.39, 0.29) is 6.61 Å². The standard InChI is InChI=1S/C9H18O7/c1-2-15-9-7(14)5(12)6(13)8(16-9)4(11)3-10/h4-14H,2-3H2,1H3/t4-,5-,6+,7-,8+,9-/m1/s1. The highest BCUT2D eigenvalue weighted by molar-refractivity contribution is 4.92. The zero-order valence-electron chi connectivity index (χ0n) is 8.93. The minimum Gasteiger partial charge on any atom is -0.394 e. The highest BCUT2D eigenvalue weighted by atomic mass is 16.7. The van der Waals surface area contributed by atoms with E-state index in [0.29, 0.717) is 0 Å². The molecule has 7 nitrogen and oxygen atoms in total. The van der Waals surface area contributed by atoms with Gasteiger partial charge in [-0.1, -0.05) is 0 Å². The van der Waals surface area contributed by atoms with E-state index in [1.807, 2.05) is 0 Å². The highest BCUT2D eigenvalue weighted by Crippen LogP contribution is 2.23. The molecular weight excluding hydrogens is 220 g/mol. The molecule has 1 heterocycles. The van der Waals surface area contributed by atoms with E-state index in [9.17, 15) is 20.4 Å². The Morgan fingerprint density at radius 2 is 1.81 bits per heavy atom. The van der Waals surface area contributed by atoms with Crippen molar-refractivity contribution in [3.8, 4) is 0 Å². The molecule has 0 radical (unpaired) electrons. The van der Waals surface area contributed by atoms with Crippen LogP contribution in [-0.4, -0.2) is 75.6 Å². The molecule has 1 rings (SSSR count). The maximum Gasteiger partial charge on any atom is 0.186 e. The quantitative estimate of drug-likeness (QED) is 0.358. The second kappa shape index (κ2) is 5.87. The number of aliphatic hydroxyl groups excluding tert-OH is 5. The number of ether oxygens (including phenoxy) is 2. The molecule has 0 aromatic rings. The lowest BCUT2D eigenvalue weighted by Gasteiger charge is -2.41. The Morgan fingerprint density at radius 1 is 1.19 bits per heavy atom. The van der Waals surface area contributed by atoms with Gasteiger partial charge >= 0.3 is 0 Å². The first kappa shape index (κ1) is 13.8. The molecule has 0 unspecified atom stereocenters. The molecule has 6 atom stereocenters. The fourth-order valence-electron chi connectivity index (χ4n) is 1.60. The van der Waals surface area contributed by atoms with Gasteiger partial charge in [-0.15, -0.1) is 0 Å². The molecular formula is C9H18O7. The summed E-state index contributed by atoms with van der Waals surface area (Å²) in [5.41, 5.74) is 0. The van der Waals surface area contributed by atoms with Crippen molar-refractivity contribution in [3.63, 3.8) is 0 Å². The average Bonchev–Trinajstić information content (AvgIpc) is 2.29. The Hall–Kier alpha value is -0.280. The van der Waals surface area contributed by atoms with E-state index in [0.717, 1.165) is 0 Å². The van der Waals surface area contributed by atoms with E-state index in [2.05, 4.69) is 0 Å². The Kier molecular flexibility index (Phi) is 5.06. The molecule has 1 aliphatic rings. The fraction of sp³-hybridized carbons (Fsp3) is 1.00. The van der Waals surface area contributed by atoms with Crippen LogP contribution in [0.25, 0.3) is 0 Å². The third kappa shape index (κ3) is 2.69. The van der Waals surface area contributed by atoms with Gasteiger partial charge in [-0.05, 0) is 6.92 Å². The zero-order chi connectivity index (χ0) is 12.3. The van der Waals surface area contributed by atoms with E-state index < -0.39 is 43.4 Å². The summed E-state index contributed by atoms with van der Waals surface area (Å²) < 4.78 is 10.1. The van der Waals surface area contributed by atoms with Crippen molar-refractivity contribution < 1.29 is 35.0 Å². The monoisotopic (exact) mass is 238 g/mol. The summed E-state index contributed by atoms with van der Waals surface area (Å²) in [7, 11) is 0. The van der Waals surface area contributed by atoms with Crippen LogP contribution >= 0.6 is 0 Å². The number of hydrogen-bond acceptors (Lipinski definition) is 7. The molecule has 0 aliphatic carbocycles. The van der Waals surface area contributed by atoms with Gasteiger partial charge in [-0.3, -0.25) is 0 Å². The minimum absolute atomic E-state index is 0.243. The molecule has 0 aromatic carbocycles. The summed E-state index contributed by atoms with van der Waals surface area (Å²) >= 11 is 0. The summed E-state index contributed by atoms with van der Waals surface area (Å²) in [4.78, 5) is 0. The smallest absolute Gasteiger partial charge is 0.186 e. The number of hydrogen-bond donors (Lipinski definition) is 5. The van der Waals surface area contributed by atoms with Crippen LogP contribution in [0.1, 0.15) is 6.92 Å². The van der Waals surface area contributed by atoms with Gasteiger partial charge in [0.2, 0.25) is 0 Å². The largest absolute Gasteiger partial charge is 0.394 e. The maximum atomic E-state index is 9.53. The molecule has 0 bridgehead atoms. The molecule has 5 N–H and O–H groups in total. The third-order valence-electron chi connectivity index (χ3n) is 2.50. The van der Waals surface area contributed by atoms with E-state index in [4.69, 9.17) is 14.6 Å². The van der Waals surface area contributed by atoms with Crippen LogP contribution < -0.4 is 0 Å². The van der Waals surface area contributed by atoms with Gasteiger partial charge in [0.1, 0.15) is 30.5 Å². The van der Waals surface area contributed by atoms with Crippen LogP contribution in [0.2, 0.25) is 0 Å². The third-order valence-corrected chi connectivity index (χ3v) is 2.50. The molecule has 1 aliphatic heterocycles. The van der Waals surface area contributed by atoms with Crippen molar-refractivity contribution in [3.05, 3.63) is 0 Å². The number of rotatable bonds is 4. The zero-order valence-corrected chi connectivity index (χ0v) is 8.93. The van der Waals surface area contributed by atoms with E-state index in [1.54, 1.807) is 6.92 Å². The van der Waals surface area contributed by atoms with Crippen LogP contribution in [0.4, 0.5) is 0 Å². The van der Waals surface area contributed by atoms with Crippen LogP contribution in [-0.2, 0) is 9.47 Å². The van der Waals surface area contributed by atoms with Crippen LogP contribution in [0.3, 0.4) is 0 Å². The Bertz CT molecular complexity index is 212. The summed E-state index contributed by atoms with van der Waals surface area (Å²) in [6.07, 6.45) is -8.03. The Labute approximate surface area is 92.9 Å². The summed E-state index contributed by atoms with van der Waals surface area (Å²) in [6.45, 7) is 1.29. The SMILES string of the molecule is CCO[C@@H]1O[C@@H]([C@H](O)CO)[C@@H](O)[C@@H](O)[C@H]1O. The predicted octanol–water partition coefficient (Wildman–Crippen LogP) is -2.82. The van der Waals surface area contributed by atoms with Crippen LogP contribution in [0, 0.1) is 0 Å². The van der Waals surface area contributed by atoms with E-state index in [1.165, 1.54) is 0 Å². The summed E-state index contributed by atoms with van der Waals surface area (Å²) in [5, 5.41) is 46.7. The average molecular weight is 238 g/mol. The molecule has 1 fully saturated rings. The van der Waals surface area contributed by atoms with E-state index >= 15 is 0 Å². The van der Waals surface area contributed by atoms with Gasteiger partial charge < -0.3 is 35.0 Å². The fourth-order valence-corrected chi connectivity index (χ4v) is 1.60. The predicted molar refractivity (Wildman–Crippen MR) is 51.4 cm³/mol. The maximum absolute atomic E-state index is 9.53. The lowest BCUT2D eigenvalue weighted by molar-refractivity contribution is -0.310. The molecule has 96 valence electrons. The van der Waals surface area contributed by atoms with Crippen molar-refractivity contribution in [2.24, 2.45) is 0 Å². The van der Waals surface area contributed by atoms with Crippen LogP contribution in [0.5, 0.6) is 0 Å². The van der Waals surface area contributed by atoms with Crippen molar-refractivity contribution in [2.45, 2.75) is 43.7 Å². The van der Waals surface area contributed by atoms with Crippen molar-refractivity contribution in [1.29, 1.82) is 0 Å². The molecule has 0 spiro atoms. The molecule has 0 aromatic heterocycles. The first-order valence-electron chi connectivity index (χ1n) is 5.13. The summed E-state index contributed by atoms with van der Waals surface area (Å²) in [6, 6.07) is 0. The van der Waals surface area contributed by atoms with Gasteiger partial charge in [0.15, 0.2) is 6.29 Å². The molecule has 0 saturated carbocycles. The van der Waals surface area contributed by atoms with Crippen molar-refractivity contribution in [1.82, 2.24) is 0 Å². The van der Waals surface area contributed by atoms with Gasteiger partial charge in [-0.25, -0.2) is 0 Å². The van der Waals surface area contributed by atoms with Gasteiger partial charge in [0.05, 0.1) is 6.61 Å². The normalized spacial score (nSPS) is 42.0. The van der Waals surface area contributed by atoms with Crippen molar-refractivity contribution in [2.75, 3.05) is 13.2 Å². The second-order valence-corrected chi connectivity index (χ2v) is 3.65. The van der Waals surface area contributed by atoms with Crippen LogP contribution in [0.15, 0.2) is 0 Å². The van der Waals surface area contributed by atoms with Gasteiger partial charge in [0, 0.05) is 6.61 Å². The first-order chi connectivity index (χ1) is 7.52. The molecule has 1 saturated heterocycles. The lowest BCUT2D eigenvalue weighted by atomic mass is 9.95. The Morgan fingerprint density at radius 3 is 2.31 bits per heavy atom.